The third-order valence-corrected chi connectivity index (χ3v) is 8.04. The van der Waals surface area contributed by atoms with Crippen molar-refractivity contribution in [3.8, 4) is 5.69 Å². The number of nitrogens with zero attached hydrogens (tertiary/aromatic N) is 4. The topological polar surface area (TPSA) is 123 Å². The Balaban J connectivity index is 1.55. The van der Waals surface area contributed by atoms with Crippen LogP contribution in [0, 0.1) is 5.92 Å². The quantitative estimate of drug-likeness (QED) is 0.324. The molecular weight excluding hydrogens is 574 g/mol. The van der Waals surface area contributed by atoms with Crippen LogP contribution in [-0.2, 0) is 19.1 Å². The Hall–Kier alpha value is -4.41. The monoisotopic (exact) mass is 619 g/mol. The third-order valence-electron chi connectivity index (χ3n) is 8.04. The van der Waals surface area contributed by atoms with Crippen molar-refractivity contribution in [2.45, 2.75) is 85.0 Å². The largest absolute Gasteiger partial charge is 0.462 e. The fraction of sp³-hybridized carbons (Fsp3) is 0.500. The van der Waals surface area contributed by atoms with E-state index in [1.165, 1.54) is 11.9 Å². The molecule has 11 nitrogen and oxygen atoms in total. The van der Waals surface area contributed by atoms with Gasteiger partial charge in [-0.3, -0.25) is 19.5 Å². The number of aromatic nitrogens is 2. The van der Waals surface area contributed by atoms with E-state index < -0.39 is 29.7 Å². The molecular formula is C34H45N5O6. The molecule has 1 aromatic carbocycles. The Morgan fingerprint density at radius 3 is 2.51 bits per heavy atom. The van der Waals surface area contributed by atoms with Crippen LogP contribution >= 0.6 is 0 Å². The van der Waals surface area contributed by atoms with E-state index in [0.29, 0.717) is 18.7 Å². The maximum absolute atomic E-state index is 14.0. The van der Waals surface area contributed by atoms with Gasteiger partial charge in [0.2, 0.25) is 11.8 Å². The van der Waals surface area contributed by atoms with Crippen molar-refractivity contribution in [1.29, 1.82) is 0 Å². The van der Waals surface area contributed by atoms with Crippen LogP contribution in [0.1, 0.15) is 83.3 Å². The van der Waals surface area contributed by atoms with Crippen molar-refractivity contribution >= 4 is 34.8 Å². The van der Waals surface area contributed by atoms with Crippen LogP contribution in [0.2, 0.25) is 0 Å². The molecule has 0 aliphatic carbocycles. The molecule has 1 N–H and O–H groups in total. The number of amides is 3. The Morgan fingerprint density at radius 1 is 1.11 bits per heavy atom. The van der Waals surface area contributed by atoms with Gasteiger partial charge in [-0.2, -0.15) is 0 Å². The number of pyridine rings is 1. The van der Waals surface area contributed by atoms with Crippen LogP contribution in [0.15, 0.2) is 48.9 Å². The highest BCUT2D eigenvalue weighted by Crippen LogP contribution is 2.34. The summed E-state index contributed by atoms with van der Waals surface area (Å²) in [7, 11) is 1.51. The number of hydrogen-bond donors (Lipinski definition) is 1. The van der Waals surface area contributed by atoms with Crippen LogP contribution in [-0.4, -0.2) is 81.1 Å². The summed E-state index contributed by atoms with van der Waals surface area (Å²) >= 11 is 0. The summed E-state index contributed by atoms with van der Waals surface area (Å²) in [5, 5.41) is 3.68. The number of ether oxygens (including phenoxy) is 2. The van der Waals surface area contributed by atoms with Gasteiger partial charge in [-0.15, -0.1) is 0 Å². The number of esters is 1. The second kappa shape index (κ2) is 13.7. The molecule has 4 rings (SSSR count). The lowest BCUT2D eigenvalue weighted by atomic mass is 10.00. The van der Waals surface area contributed by atoms with Crippen molar-refractivity contribution in [1.82, 2.24) is 24.7 Å². The zero-order valence-electron chi connectivity index (χ0n) is 27.5. The van der Waals surface area contributed by atoms with Gasteiger partial charge in [-0.05, 0) is 83.2 Å². The highest BCUT2D eigenvalue weighted by molar-refractivity contribution is 6.04. The highest BCUT2D eigenvalue weighted by Gasteiger charge is 2.37. The van der Waals surface area contributed by atoms with Crippen molar-refractivity contribution in [3.05, 3.63) is 60.0 Å². The maximum atomic E-state index is 14.0. The smallest absolute Gasteiger partial charge is 0.410 e. The first-order chi connectivity index (χ1) is 21.2. The molecule has 242 valence electrons. The Bertz CT molecular complexity index is 1560. The number of carbonyl (C=O) groups is 4. The average molecular weight is 620 g/mol. The third kappa shape index (κ3) is 7.46. The Labute approximate surface area is 264 Å². The zero-order chi connectivity index (χ0) is 33.1. The van der Waals surface area contributed by atoms with E-state index in [1.54, 1.807) is 53.1 Å². The molecule has 11 heteroatoms. The lowest BCUT2D eigenvalue weighted by Crippen LogP contribution is -2.55. The van der Waals surface area contributed by atoms with Gasteiger partial charge in [-0.1, -0.05) is 19.9 Å². The molecule has 1 aliphatic heterocycles. The molecule has 3 heterocycles. The summed E-state index contributed by atoms with van der Waals surface area (Å²) in [4.78, 5) is 59.9. The van der Waals surface area contributed by atoms with E-state index in [9.17, 15) is 19.2 Å². The summed E-state index contributed by atoms with van der Waals surface area (Å²) in [6.07, 6.45) is 6.37. The van der Waals surface area contributed by atoms with Crippen LogP contribution < -0.4 is 5.32 Å². The van der Waals surface area contributed by atoms with Gasteiger partial charge in [-0.25, -0.2) is 9.59 Å². The first-order valence-electron chi connectivity index (χ1n) is 15.5. The molecule has 45 heavy (non-hydrogen) atoms. The standard InChI is InChI=1S/C34H45N5O6/c1-9-44-32(42)26-12-10-13-28-25(26)15-17-38(28)24-18-23(19-35-20-24)27-14-11-16-39(27)31(41)29(21(2)3)36-30(40)22(4)37(8)33(43)45-34(5,6)7/h10,12-13,15,17-22,27,29H,9,11,14,16H2,1-8H3,(H,36,40). The number of hydrogen-bond acceptors (Lipinski definition) is 7. The summed E-state index contributed by atoms with van der Waals surface area (Å²) in [6, 6.07) is 7.57. The van der Waals surface area contributed by atoms with E-state index in [0.717, 1.165) is 35.0 Å². The van der Waals surface area contributed by atoms with E-state index in [-0.39, 0.29) is 23.8 Å². The number of carbonyl (C=O) groups excluding carboxylic acids is 4. The van der Waals surface area contributed by atoms with Crippen molar-refractivity contribution in [2.24, 2.45) is 5.92 Å². The average Bonchev–Trinajstić information content (AvgIpc) is 3.65. The normalized spacial score (nSPS) is 16.4. The van der Waals surface area contributed by atoms with Crippen LogP contribution in [0.3, 0.4) is 0 Å². The van der Waals surface area contributed by atoms with E-state index in [1.807, 2.05) is 53.8 Å². The van der Waals surface area contributed by atoms with Gasteiger partial charge in [0.05, 0.1) is 35.6 Å². The number of benzene rings is 1. The number of likely N-dealkylation sites (tertiary alicyclic amines) is 1. The minimum absolute atomic E-state index is 0.177. The Kier molecular flexibility index (Phi) is 10.2. The minimum Gasteiger partial charge on any atom is -0.462 e. The molecule has 1 fully saturated rings. The Morgan fingerprint density at radius 2 is 1.84 bits per heavy atom. The van der Waals surface area contributed by atoms with Crippen LogP contribution in [0.5, 0.6) is 0 Å². The molecule has 0 bridgehead atoms. The molecule has 3 unspecified atom stereocenters. The van der Waals surface area contributed by atoms with Crippen LogP contribution in [0.25, 0.3) is 16.6 Å². The molecule has 0 spiro atoms. The fourth-order valence-corrected chi connectivity index (χ4v) is 5.55. The zero-order valence-corrected chi connectivity index (χ0v) is 27.5. The lowest BCUT2D eigenvalue weighted by molar-refractivity contribution is -0.139. The van der Waals surface area contributed by atoms with Crippen molar-refractivity contribution in [3.63, 3.8) is 0 Å². The number of nitrogens with one attached hydrogen (secondary N) is 1. The molecule has 1 saturated heterocycles. The molecule has 3 atom stereocenters. The molecule has 3 amide bonds. The molecule has 3 aromatic rings. The highest BCUT2D eigenvalue weighted by atomic mass is 16.6. The molecule has 0 saturated carbocycles. The second-order valence-electron chi connectivity index (χ2n) is 12.8. The van der Waals surface area contributed by atoms with Gasteiger partial charge in [0.25, 0.3) is 0 Å². The molecule has 1 aliphatic rings. The number of fused-ring (bicyclic) bond motifs is 1. The summed E-state index contributed by atoms with van der Waals surface area (Å²) in [5.41, 5.74) is 2.32. The second-order valence-corrected chi connectivity index (χ2v) is 12.8. The van der Waals surface area contributed by atoms with Gasteiger partial charge >= 0.3 is 12.1 Å². The summed E-state index contributed by atoms with van der Waals surface area (Å²) in [5.74, 6) is -1.17. The number of likely N-dealkylation sites (N-methyl/N-ethyl adjacent to an activating group) is 1. The SMILES string of the molecule is CCOC(=O)c1cccc2c1ccn2-c1cncc(C2CCCN2C(=O)C(NC(=O)C(C)N(C)C(=O)OC(C)(C)C)C(C)C)c1. The predicted molar refractivity (Wildman–Crippen MR) is 171 cm³/mol. The lowest BCUT2D eigenvalue weighted by Gasteiger charge is -2.33. The van der Waals surface area contributed by atoms with Gasteiger partial charge in [0.1, 0.15) is 17.7 Å². The minimum atomic E-state index is -0.843. The van der Waals surface area contributed by atoms with Crippen LogP contribution in [0.4, 0.5) is 4.79 Å². The van der Waals surface area contributed by atoms with E-state index in [4.69, 9.17) is 9.47 Å². The summed E-state index contributed by atoms with van der Waals surface area (Å²) in [6.45, 7) is 13.3. The van der Waals surface area contributed by atoms with Gasteiger partial charge in [0.15, 0.2) is 0 Å². The first-order valence-corrected chi connectivity index (χ1v) is 15.5. The number of rotatable bonds is 9. The van der Waals surface area contributed by atoms with Crippen molar-refractivity contribution < 1.29 is 28.7 Å². The first kappa shape index (κ1) is 33.5. The van der Waals surface area contributed by atoms with E-state index in [2.05, 4.69) is 10.3 Å². The molecule has 2 aromatic heterocycles. The molecule has 0 radical (unpaired) electrons. The predicted octanol–water partition coefficient (Wildman–Crippen LogP) is 5.26. The fourth-order valence-electron chi connectivity index (χ4n) is 5.55. The maximum Gasteiger partial charge on any atom is 0.410 e. The van der Waals surface area contributed by atoms with Gasteiger partial charge < -0.3 is 24.3 Å². The summed E-state index contributed by atoms with van der Waals surface area (Å²) < 4.78 is 12.6. The van der Waals surface area contributed by atoms with E-state index >= 15 is 0 Å². The van der Waals surface area contributed by atoms with Gasteiger partial charge in [0, 0.05) is 31.4 Å². The van der Waals surface area contributed by atoms with Crippen molar-refractivity contribution in [2.75, 3.05) is 20.2 Å².